The Balaban J connectivity index is 1.67. The van der Waals surface area contributed by atoms with E-state index in [1.807, 2.05) is 0 Å². The van der Waals surface area contributed by atoms with Gasteiger partial charge in [-0.2, -0.15) is 0 Å². The molecule has 2 heterocycles. The minimum absolute atomic E-state index is 0.277. The number of rotatable bonds is 5. The van der Waals surface area contributed by atoms with E-state index in [2.05, 4.69) is 10.5 Å². The van der Waals surface area contributed by atoms with E-state index in [-0.39, 0.29) is 11.7 Å². The highest BCUT2D eigenvalue weighted by atomic mass is 19.1. The predicted molar refractivity (Wildman–Crippen MR) is 81.4 cm³/mol. The number of benzene rings is 1. The number of aryl methyl sites for hydroxylation is 1. The van der Waals surface area contributed by atoms with Gasteiger partial charge in [-0.3, -0.25) is 4.79 Å². The Morgan fingerprint density at radius 3 is 2.74 bits per heavy atom. The summed E-state index contributed by atoms with van der Waals surface area (Å²) in [7, 11) is 0. The lowest BCUT2D eigenvalue weighted by Gasteiger charge is -2.05. The number of furan rings is 1. The molecule has 0 atom stereocenters. The molecule has 3 rings (SSSR count). The van der Waals surface area contributed by atoms with Crippen molar-refractivity contribution < 1.29 is 18.1 Å². The first-order chi connectivity index (χ1) is 11.1. The van der Waals surface area contributed by atoms with E-state index < -0.39 is 0 Å². The Bertz CT molecular complexity index is 792. The Kier molecular flexibility index (Phi) is 4.23. The zero-order valence-corrected chi connectivity index (χ0v) is 12.5. The van der Waals surface area contributed by atoms with Gasteiger partial charge in [-0.15, -0.1) is 0 Å². The van der Waals surface area contributed by atoms with E-state index in [1.54, 1.807) is 31.2 Å². The molecule has 1 N–H and O–H groups in total. The van der Waals surface area contributed by atoms with Gasteiger partial charge in [0.25, 0.3) is 5.91 Å². The molecule has 2 aromatic heterocycles. The molecule has 0 fully saturated rings. The highest BCUT2D eigenvalue weighted by molar-refractivity contribution is 6.00. The number of hydrogen-bond donors (Lipinski definition) is 1. The van der Waals surface area contributed by atoms with E-state index in [4.69, 9.17) is 8.94 Å². The van der Waals surface area contributed by atoms with Gasteiger partial charge in [-0.05, 0) is 43.2 Å². The standard InChI is InChI=1S/C17H15FN2O3/c1-11-15(16(23-20-11)14-3-2-10-22-14)17(21)19-9-8-12-4-6-13(18)7-5-12/h2-7,10H,8-9H2,1H3,(H,19,21). The molecule has 23 heavy (non-hydrogen) atoms. The van der Waals surface area contributed by atoms with Crippen molar-refractivity contribution in [2.75, 3.05) is 6.54 Å². The number of halogens is 1. The molecule has 5 nitrogen and oxygen atoms in total. The van der Waals surface area contributed by atoms with Crippen LogP contribution in [0.15, 0.2) is 51.6 Å². The van der Waals surface area contributed by atoms with Crippen LogP contribution in [0.5, 0.6) is 0 Å². The Labute approximate surface area is 132 Å². The third kappa shape index (κ3) is 3.31. The van der Waals surface area contributed by atoms with Gasteiger partial charge in [0, 0.05) is 6.54 Å². The molecule has 118 valence electrons. The summed E-state index contributed by atoms with van der Waals surface area (Å²) in [5.41, 5.74) is 1.80. The van der Waals surface area contributed by atoms with Crippen molar-refractivity contribution in [2.45, 2.75) is 13.3 Å². The molecule has 0 aliphatic heterocycles. The van der Waals surface area contributed by atoms with Crippen molar-refractivity contribution in [2.24, 2.45) is 0 Å². The summed E-state index contributed by atoms with van der Waals surface area (Å²) < 4.78 is 23.3. The lowest BCUT2D eigenvalue weighted by molar-refractivity contribution is 0.0953. The first-order valence-corrected chi connectivity index (χ1v) is 7.18. The Morgan fingerprint density at radius 1 is 1.26 bits per heavy atom. The number of aromatic nitrogens is 1. The van der Waals surface area contributed by atoms with E-state index in [9.17, 15) is 9.18 Å². The number of amides is 1. The summed E-state index contributed by atoms with van der Waals surface area (Å²) in [4.78, 5) is 12.4. The summed E-state index contributed by atoms with van der Waals surface area (Å²) in [6, 6.07) is 9.60. The fourth-order valence-electron chi connectivity index (χ4n) is 2.27. The van der Waals surface area contributed by atoms with Crippen LogP contribution in [-0.4, -0.2) is 17.6 Å². The largest absolute Gasteiger partial charge is 0.461 e. The second-order valence-corrected chi connectivity index (χ2v) is 5.08. The molecular weight excluding hydrogens is 299 g/mol. The van der Waals surface area contributed by atoms with Gasteiger partial charge >= 0.3 is 0 Å². The van der Waals surface area contributed by atoms with Crippen molar-refractivity contribution >= 4 is 5.91 Å². The Morgan fingerprint density at radius 2 is 2.04 bits per heavy atom. The number of carbonyl (C=O) groups excluding carboxylic acids is 1. The average Bonchev–Trinajstić information content (AvgIpc) is 3.18. The Hall–Kier alpha value is -2.89. The summed E-state index contributed by atoms with van der Waals surface area (Å²) in [5, 5.41) is 6.65. The number of carbonyl (C=O) groups is 1. The van der Waals surface area contributed by atoms with Crippen molar-refractivity contribution in [3.8, 4) is 11.5 Å². The van der Waals surface area contributed by atoms with E-state index in [1.165, 1.54) is 18.4 Å². The van der Waals surface area contributed by atoms with E-state index in [0.29, 0.717) is 35.7 Å². The molecule has 0 radical (unpaired) electrons. The summed E-state index contributed by atoms with van der Waals surface area (Å²) >= 11 is 0. The van der Waals surface area contributed by atoms with Crippen LogP contribution in [0.1, 0.15) is 21.6 Å². The smallest absolute Gasteiger partial charge is 0.257 e. The van der Waals surface area contributed by atoms with Gasteiger partial charge in [0.05, 0.1) is 12.0 Å². The van der Waals surface area contributed by atoms with E-state index >= 15 is 0 Å². The van der Waals surface area contributed by atoms with Crippen molar-refractivity contribution in [1.82, 2.24) is 10.5 Å². The topological polar surface area (TPSA) is 68.3 Å². The first-order valence-electron chi connectivity index (χ1n) is 7.18. The van der Waals surface area contributed by atoms with Crippen LogP contribution < -0.4 is 5.32 Å². The fourth-order valence-corrected chi connectivity index (χ4v) is 2.27. The fraction of sp³-hybridized carbons (Fsp3) is 0.176. The number of nitrogens with one attached hydrogen (secondary N) is 1. The van der Waals surface area contributed by atoms with Crippen LogP contribution >= 0.6 is 0 Å². The van der Waals surface area contributed by atoms with Gasteiger partial charge in [0.1, 0.15) is 11.4 Å². The zero-order chi connectivity index (χ0) is 16.2. The summed E-state index contributed by atoms with van der Waals surface area (Å²) in [5.74, 6) is 0.208. The van der Waals surface area contributed by atoms with Gasteiger partial charge in [0.15, 0.2) is 5.76 Å². The number of nitrogens with zero attached hydrogens (tertiary/aromatic N) is 1. The normalized spacial score (nSPS) is 10.7. The molecule has 1 aromatic carbocycles. The van der Waals surface area contributed by atoms with Gasteiger partial charge in [-0.1, -0.05) is 17.3 Å². The molecule has 1 amide bonds. The van der Waals surface area contributed by atoms with Crippen LogP contribution in [0, 0.1) is 12.7 Å². The maximum absolute atomic E-state index is 12.9. The number of hydrogen-bond acceptors (Lipinski definition) is 4. The van der Waals surface area contributed by atoms with Crippen LogP contribution in [0.25, 0.3) is 11.5 Å². The SMILES string of the molecule is Cc1noc(-c2ccco2)c1C(=O)NCCc1ccc(F)cc1. The maximum atomic E-state index is 12.9. The second-order valence-electron chi connectivity index (χ2n) is 5.08. The summed E-state index contributed by atoms with van der Waals surface area (Å²) in [6.07, 6.45) is 2.11. The van der Waals surface area contributed by atoms with Gasteiger partial charge in [-0.25, -0.2) is 4.39 Å². The molecule has 0 spiro atoms. The lowest BCUT2D eigenvalue weighted by Crippen LogP contribution is -2.26. The quantitative estimate of drug-likeness (QED) is 0.784. The lowest BCUT2D eigenvalue weighted by atomic mass is 10.1. The molecular formula is C17H15FN2O3. The highest BCUT2D eigenvalue weighted by Gasteiger charge is 2.23. The van der Waals surface area contributed by atoms with Crippen LogP contribution in [0.2, 0.25) is 0 Å². The highest BCUT2D eigenvalue weighted by Crippen LogP contribution is 2.26. The molecule has 0 aliphatic rings. The molecule has 0 bridgehead atoms. The monoisotopic (exact) mass is 314 g/mol. The van der Waals surface area contributed by atoms with Crippen LogP contribution in [0.4, 0.5) is 4.39 Å². The molecule has 3 aromatic rings. The van der Waals surface area contributed by atoms with Crippen molar-refractivity contribution in [3.63, 3.8) is 0 Å². The minimum atomic E-state index is -0.280. The molecule has 0 saturated carbocycles. The van der Waals surface area contributed by atoms with Crippen LogP contribution in [-0.2, 0) is 6.42 Å². The maximum Gasteiger partial charge on any atom is 0.257 e. The van der Waals surface area contributed by atoms with Gasteiger partial charge in [0.2, 0.25) is 5.76 Å². The minimum Gasteiger partial charge on any atom is -0.461 e. The van der Waals surface area contributed by atoms with Crippen molar-refractivity contribution in [3.05, 3.63) is 65.3 Å². The van der Waals surface area contributed by atoms with Gasteiger partial charge < -0.3 is 14.3 Å². The predicted octanol–water partition coefficient (Wildman–Crippen LogP) is 3.35. The van der Waals surface area contributed by atoms with Crippen molar-refractivity contribution in [1.29, 1.82) is 0 Å². The summed E-state index contributed by atoms with van der Waals surface area (Å²) in [6.45, 7) is 2.12. The average molecular weight is 314 g/mol. The first kappa shape index (κ1) is 15.0. The van der Waals surface area contributed by atoms with Crippen LogP contribution in [0.3, 0.4) is 0 Å². The third-order valence-corrected chi connectivity index (χ3v) is 3.45. The molecule has 0 aliphatic carbocycles. The zero-order valence-electron chi connectivity index (χ0n) is 12.5. The molecule has 6 heteroatoms. The second kappa shape index (κ2) is 6.48. The third-order valence-electron chi connectivity index (χ3n) is 3.45. The molecule has 0 saturated heterocycles. The molecule has 0 unspecified atom stereocenters. The van der Waals surface area contributed by atoms with E-state index in [0.717, 1.165) is 5.56 Å².